The van der Waals surface area contributed by atoms with Crippen LogP contribution in [0.4, 0.5) is 34.1 Å². The molecule has 3 aromatic heterocycles. The second kappa shape index (κ2) is 8.80. The van der Waals surface area contributed by atoms with Gasteiger partial charge in [0.15, 0.2) is 5.82 Å². The van der Waals surface area contributed by atoms with Crippen molar-refractivity contribution in [1.82, 2.24) is 34.8 Å². The van der Waals surface area contributed by atoms with Crippen LogP contribution < -0.4 is 10.6 Å². The Bertz CT molecular complexity index is 1380. The third kappa shape index (κ3) is 4.47. The van der Waals surface area contributed by atoms with Gasteiger partial charge < -0.3 is 15.4 Å². The molecule has 14 heteroatoms. The van der Waals surface area contributed by atoms with Crippen LogP contribution in [0.3, 0.4) is 0 Å². The molecule has 5 fully saturated rings. The van der Waals surface area contributed by atoms with Crippen LogP contribution in [0.5, 0.6) is 0 Å². The van der Waals surface area contributed by atoms with E-state index in [0.29, 0.717) is 48.2 Å². The number of likely N-dealkylation sites (tertiary alicyclic amines) is 1. The summed E-state index contributed by atoms with van der Waals surface area (Å²) in [5, 5.41) is 13.2. The number of nitrogens with one attached hydrogen (secondary N) is 3. The number of hydrogen-bond acceptors (Lipinski definition) is 7. The highest BCUT2D eigenvalue weighted by molar-refractivity contribution is 5.69. The van der Waals surface area contributed by atoms with Crippen molar-refractivity contribution >= 4 is 23.5 Å². The van der Waals surface area contributed by atoms with Gasteiger partial charge in [-0.1, -0.05) is 0 Å². The lowest BCUT2D eigenvalue weighted by Crippen LogP contribution is -2.68. The molecule has 39 heavy (non-hydrogen) atoms. The summed E-state index contributed by atoms with van der Waals surface area (Å²) in [5.74, 6) is -0.217. The summed E-state index contributed by atoms with van der Waals surface area (Å²) in [4.78, 5) is 22.8. The molecule has 4 saturated carbocycles. The predicted octanol–water partition coefficient (Wildman–Crippen LogP) is 4.05. The summed E-state index contributed by atoms with van der Waals surface area (Å²) in [6.07, 6.45) is 0.334. The second-order valence-corrected chi connectivity index (χ2v) is 11.5. The fourth-order valence-electron chi connectivity index (χ4n) is 6.37. The number of carbonyl (C=O) groups excluding carboxylic acids is 1. The van der Waals surface area contributed by atoms with Gasteiger partial charge in [-0.15, -0.1) is 0 Å². The highest BCUT2D eigenvalue weighted by Gasteiger charge is 2.58. The van der Waals surface area contributed by atoms with Crippen LogP contribution in [-0.4, -0.2) is 72.6 Å². The number of nitrogens with zero attached hydrogens (tertiary/aromatic N) is 5. The molecule has 0 aromatic carbocycles. The molecule has 5 aliphatic rings. The molecular weight excluding hydrogens is 520 g/mol. The largest absolute Gasteiger partial charge is 0.443 e. The summed E-state index contributed by atoms with van der Waals surface area (Å²) < 4.78 is 60.7. The summed E-state index contributed by atoms with van der Waals surface area (Å²) in [5.41, 5.74) is 1.69. The van der Waals surface area contributed by atoms with E-state index in [0.717, 1.165) is 25.2 Å². The van der Waals surface area contributed by atoms with Gasteiger partial charge in [0.05, 0.1) is 11.6 Å². The van der Waals surface area contributed by atoms with E-state index in [-0.39, 0.29) is 18.6 Å². The van der Waals surface area contributed by atoms with E-state index in [1.165, 1.54) is 0 Å². The Balaban J connectivity index is 0.975. The summed E-state index contributed by atoms with van der Waals surface area (Å²) in [6.45, 7) is 0.235. The molecule has 1 saturated heterocycles. The number of anilines is 2. The topological polar surface area (TPSA) is 112 Å². The fourth-order valence-corrected chi connectivity index (χ4v) is 6.37. The predicted molar refractivity (Wildman–Crippen MR) is 130 cm³/mol. The van der Waals surface area contributed by atoms with Crippen molar-refractivity contribution < 1.29 is 27.1 Å². The lowest BCUT2D eigenvalue weighted by Gasteiger charge is -2.61. The van der Waals surface area contributed by atoms with Gasteiger partial charge in [0.25, 0.3) is 0 Å². The molecule has 3 N–H and O–H groups in total. The number of carbonyl (C=O) groups is 1. The average molecular weight is 549 g/mol. The Morgan fingerprint density at radius 1 is 1.23 bits per heavy atom. The number of amides is 1. The molecular formula is C25H28F4N8O2. The summed E-state index contributed by atoms with van der Waals surface area (Å²) in [6, 6.07) is 3.41. The maximum absolute atomic E-state index is 15.2. The van der Waals surface area contributed by atoms with Gasteiger partial charge in [-0.25, -0.2) is 19.2 Å². The molecule has 0 spiro atoms. The normalized spacial score (nSPS) is 30.5. The number of alkyl halides is 4. The second-order valence-electron chi connectivity index (χ2n) is 11.5. The number of halogens is 4. The van der Waals surface area contributed by atoms with E-state index in [1.807, 2.05) is 0 Å². The van der Waals surface area contributed by atoms with Crippen LogP contribution in [0.15, 0.2) is 24.5 Å². The van der Waals surface area contributed by atoms with Crippen molar-refractivity contribution in [3.63, 3.8) is 0 Å². The van der Waals surface area contributed by atoms with Crippen molar-refractivity contribution in [3.8, 4) is 0 Å². The number of aromatic amines is 1. The maximum atomic E-state index is 15.2. The quantitative estimate of drug-likeness (QED) is 0.382. The van der Waals surface area contributed by atoms with Crippen LogP contribution in [0, 0.1) is 11.8 Å². The Morgan fingerprint density at radius 3 is 2.74 bits per heavy atom. The number of aromatic nitrogens is 5. The number of H-pyrrole nitrogens is 1. The molecule has 0 radical (unpaired) electrons. The molecule has 208 valence electrons. The van der Waals surface area contributed by atoms with E-state index in [9.17, 15) is 18.0 Å². The number of rotatable bonds is 7. The van der Waals surface area contributed by atoms with Crippen molar-refractivity contribution in [2.75, 3.05) is 18.4 Å². The molecule has 4 aliphatic carbocycles. The first-order valence-electron chi connectivity index (χ1n) is 13.2. The number of fused-ring (bicyclic) bond motifs is 1. The van der Waals surface area contributed by atoms with E-state index < -0.39 is 36.4 Å². The average Bonchev–Trinajstić information content (AvgIpc) is 3.51. The minimum absolute atomic E-state index is 0.0364. The molecule has 3 aromatic rings. The van der Waals surface area contributed by atoms with E-state index >= 15 is 4.39 Å². The summed E-state index contributed by atoms with van der Waals surface area (Å²) in [7, 11) is 0. The molecule has 4 heterocycles. The van der Waals surface area contributed by atoms with E-state index in [1.54, 1.807) is 33.8 Å². The lowest BCUT2D eigenvalue weighted by atomic mass is 9.50. The number of hydrogen-bond donors (Lipinski definition) is 3. The van der Waals surface area contributed by atoms with Gasteiger partial charge >= 0.3 is 12.3 Å². The molecule has 10 nitrogen and oxygen atoms in total. The minimum atomic E-state index is -4.17. The first kappa shape index (κ1) is 24.6. The lowest BCUT2D eigenvalue weighted by molar-refractivity contribution is -0.210. The van der Waals surface area contributed by atoms with Gasteiger partial charge in [0.1, 0.15) is 17.9 Å². The van der Waals surface area contributed by atoms with Crippen LogP contribution in [0.1, 0.15) is 49.4 Å². The van der Waals surface area contributed by atoms with E-state index in [4.69, 9.17) is 4.74 Å². The molecule has 2 bridgehead atoms. The van der Waals surface area contributed by atoms with Crippen LogP contribution in [-0.2, 0) is 11.3 Å². The summed E-state index contributed by atoms with van der Waals surface area (Å²) >= 11 is 0. The Hall–Kier alpha value is -3.42. The standard InChI is InChI=1S/C25H28F4N8O2/c26-21-16(1-2-18(21)39-23(38)33-24-6-13(7-24)8-24)17-5-19(35-34-17)32-22-30-4-3-20-31-15(12-37(20)22)11-36-9-14(10-36)25(27,28)29/h3-5,12-14,16,18,21H,1-2,6-11H2,(H,33,38)(H2,30,32,34,35)/t13?,16-,18-,21-,24?/m0/s1. The molecule has 8 rings (SSSR count). The third-order valence-corrected chi connectivity index (χ3v) is 8.64. The number of ether oxygens (including phenoxy) is 1. The zero-order valence-electron chi connectivity index (χ0n) is 20.9. The van der Waals surface area contributed by atoms with Crippen LogP contribution in [0.2, 0.25) is 0 Å². The zero-order valence-corrected chi connectivity index (χ0v) is 20.9. The SMILES string of the molecule is O=C(NC12CC(C1)C2)O[C@H]1CC[C@@H](c2cc(Nc3nccc4nc(CN5CC(C(F)(F)F)C5)cn34)n[nH]2)[C@@H]1F. The fraction of sp³-hybridized carbons (Fsp3) is 0.600. The Kier molecular flexibility index (Phi) is 5.55. The zero-order chi connectivity index (χ0) is 26.9. The van der Waals surface area contributed by atoms with Gasteiger partial charge in [-0.2, -0.15) is 18.3 Å². The Labute approximate surface area is 220 Å². The van der Waals surface area contributed by atoms with Gasteiger partial charge in [0.2, 0.25) is 5.95 Å². The van der Waals surface area contributed by atoms with Crippen molar-refractivity contribution in [3.05, 3.63) is 35.9 Å². The maximum Gasteiger partial charge on any atom is 0.407 e. The van der Waals surface area contributed by atoms with Crippen molar-refractivity contribution in [2.45, 2.75) is 68.6 Å². The first-order valence-corrected chi connectivity index (χ1v) is 13.2. The monoisotopic (exact) mass is 548 g/mol. The third-order valence-electron chi connectivity index (χ3n) is 8.64. The molecule has 0 unspecified atom stereocenters. The molecule has 3 atom stereocenters. The van der Waals surface area contributed by atoms with Gasteiger partial charge in [-0.3, -0.25) is 14.4 Å². The smallest absolute Gasteiger partial charge is 0.407 e. The molecule has 1 aliphatic heterocycles. The van der Waals surface area contributed by atoms with Gasteiger partial charge in [0, 0.05) is 55.2 Å². The highest BCUT2D eigenvalue weighted by Crippen LogP contribution is 2.57. The van der Waals surface area contributed by atoms with Crippen LogP contribution in [0.25, 0.3) is 5.65 Å². The number of imidazole rings is 1. The van der Waals surface area contributed by atoms with E-state index in [2.05, 4.69) is 30.8 Å². The van der Waals surface area contributed by atoms with Gasteiger partial charge in [-0.05, 0) is 44.1 Å². The first-order chi connectivity index (χ1) is 18.6. The van der Waals surface area contributed by atoms with Crippen LogP contribution >= 0.6 is 0 Å². The highest BCUT2D eigenvalue weighted by atomic mass is 19.4. The van der Waals surface area contributed by atoms with Crippen molar-refractivity contribution in [1.29, 1.82) is 0 Å². The van der Waals surface area contributed by atoms with Crippen molar-refractivity contribution in [2.24, 2.45) is 11.8 Å². The molecule has 1 amide bonds. The Morgan fingerprint density at radius 2 is 2.03 bits per heavy atom. The minimum Gasteiger partial charge on any atom is -0.443 e. The number of alkyl carbamates (subject to hydrolysis) is 1.